The van der Waals surface area contributed by atoms with E-state index in [1.165, 1.54) is 25.6 Å². The molecule has 156 valence electrons. The molecule has 0 amide bonds. The van der Waals surface area contributed by atoms with E-state index in [-0.39, 0.29) is 31.0 Å². The first-order chi connectivity index (χ1) is 14.5. The van der Waals surface area contributed by atoms with Crippen molar-refractivity contribution in [1.29, 1.82) is 0 Å². The van der Waals surface area contributed by atoms with Gasteiger partial charge in [-0.15, -0.1) is 11.3 Å². The van der Waals surface area contributed by atoms with Gasteiger partial charge in [-0.25, -0.2) is 4.79 Å². The number of esters is 1. The zero-order valence-electron chi connectivity index (χ0n) is 16.5. The Morgan fingerprint density at radius 2 is 1.70 bits per heavy atom. The molecule has 0 aliphatic heterocycles. The highest BCUT2D eigenvalue weighted by atomic mass is 32.1. The zero-order chi connectivity index (χ0) is 21.5. The van der Waals surface area contributed by atoms with E-state index >= 15 is 0 Å². The summed E-state index contributed by atoms with van der Waals surface area (Å²) >= 11 is 1.28. The average Bonchev–Trinajstić information content (AvgIpc) is 3.18. The van der Waals surface area contributed by atoms with E-state index in [0.717, 1.165) is 10.3 Å². The van der Waals surface area contributed by atoms with E-state index in [2.05, 4.69) is 4.74 Å². The molecule has 3 rings (SSSR count). The molecule has 0 fully saturated rings. The molecule has 0 spiro atoms. The molecular formula is C22H20O7S. The van der Waals surface area contributed by atoms with Crippen LogP contribution in [-0.2, 0) is 20.9 Å². The van der Waals surface area contributed by atoms with Crippen LogP contribution < -0.4 is 9.47 Å². The second kappa shape index (κ2) is 9.89. The average molecular weight is 428 g/mol. The van der Waals surface area contributed by atoms with Gasteiger partial charge in [-0.1, -0.05) is 30.3 Å². The van der Waals surface area contributed by atoms with Crippen LogP contribution in [0.5, 0.6) is 11.5 Å². The second-order valence-electron chi connectivity index (χ2n) is 6.28. The summed E-state index contributed by atoms with van der Waals surface area (Å²) in [5.41, 5.74) is 0.838. The van der Waals surface area contributed by atoms with Crippen molar-refractivity contribution in [3.63, 3.8) is 0 Å². The van der Waals surface area contributed by atoms with Crippen LogP contribution in [0, 0.1) is 0 Å². The summed E-state index contributed by atoms with van der Waals surface area (Å²) in [6, 6.07) is 14.2. The van der Waals surface area contributed by atoms with Crippen LogP contribution >= 0.6 is 11.3 Å². The topological polar surface area (TPSA) is 88.1 Å². The van der Waals surface area contributed by atoms with Crippen LogP contribution in [0.2, 0.25) is 0 Å². The van der Waals surface area contributed by atoms with Crippen molar-refractivity contribution in [2.45, 2.75) is 19.4 Å². The first-order valence-electron chi connectivity index (χ1n) is 9.10. The van der Waals surface area contributed by atoms with E-state index in [1.54, 1.807) is 18.2 Å². The fourth-order valence-corrected chi connectivity index (χ4v) is 3.74. The first-order valence-corrected chi connectivity index (χ1v) is 9.92. The van der Waals surface area contributed by atoms with Gasteiger partial charge in [0.15, 0.2) is 17.3 Å². The van der Waals surface area contributed by atoms with E-state index in [1.807, 2.05) is 30.3 Å². The summed E-state index contributed by atoms with van der Waals surface area (Å²) in [5, 5.41) is 0.716. The van der Waals surface area contributed by atoms with Crippen LogP contribution in [0.3, 0.4) is 0 Å². The van der Waals surface area contributed by atoms with Gasteiger partial charge in [0.1, 0.15) is 6.61 Å². The number of carbonyl (C=O) groups is 3. The minimum atomic E-state index is -0.860. The van der Waals surface area contributed by atoms with Gasteiger partial charge in [-0.2, -0.15) is 0 Å². The number of ketones is 1. The predicted molar refractivity (Wildman–Crippen MR) is 111 cm³/mol. The Morgan fingerprint density at radius 1 is 0.933 bits per heavy atom. The highest BCUT2D eigenvalue weighted by Gasteiger charge is 2.17. The molecule has 2 aromatic carbocycles. The monoisotopic (exact) mass is 428 g/mol. The van der Waals surface area contributed by atoms with Gasteiger partial charge >= 0.3 is 12.1 Å². The molecule has 3 aromatic rings. The molecule has 0 unspecified atom stereocenters. The number of rotatable bonds is 8. The summed E-state index contributed by atoms with van der Waals surface area (Å²) in [6.07, 6.45) is -0.776. The van der Waals surface area contributed by atoms with Crippen molar-refractivity contribution in [1.82, 2.24) is 0 Å². The standard InChI is InChI=1S/C22H20O7S/c1-26-17-12-19-15(11-20(30-19)16(23)8-9-21(24)27-2)10-18(17)29-22(25)28-13-14-6-4-3-5-7-14/h3-7,10-12H,8-9,13H2,1-2H3. The minimum Gasteiger partial charge on any atom is -0.493 e. The summed E-state index contributed by atoms with van der Waals surface area (Å²) in [7, 11) is 2.74. The molecular weight excluding hydrogens is 408 g/mol. The fourth-order valence-electron chi connectivity index (χ4n) is 2.70. The molecule has 0 saturated carbocycles. The van der Waals surface area contributed by atoms with Crippen LogP contribution in [0.15, 0.2) is 48.5 Å². The molecule has 30 heavy (non-hydrogen) atoms. The van der Waals surface area contributed by atoms with E-state index in [4.69, 9.17) is 14.2 Å². The number of hydrogen-bond acceptors (Lipinski definition) is 8. The van der Waals surface area contributed by atoms with Crippen LogP contribution in [0.25, 0.3) is 10.1 Å². The molecule has 0 atom stereocenters. The Hall–Kier alpha value is -3.39. The molecule has 0 radical (unpaired) electrons. The predicted octanol–water partition coefficient (Wildman–Crippen LogP) is 4.76. The lowest BCUT2D eigenvalue weighted by molar-refractivity contribution is -0.140. The largest absolute Gasteiger partial charge is 0.514 e. The zero-order valence-corrected chi connectivity index (χ0v) is 17.3. The number of Topliss-reactive ketones (excluding diaryl/α,β-unsaturated/α-hetero) is 1. The van der Waals surface area contributed by atoms with Crippen molar-refractivity contribution >= 4 is 39.3 Å². The third-order valence-electron chi connectivity index (χ3n) is 4.25. The van der Waals surface area contributed by atoms with Crippen molar-refractivity contribution in [2.75, 3.05) is 14.2 Å². The molecule has 1 aromatic heterocycles. The second-order valence-corrected chi connectivity index (χ2v) is 7.36. The van der Waals surface area contributed by atoms with Gasteiger partial charge in [0, 0.05) is 17.2 Å². The highest BCUT2D eigenvalue weighted by molar-refractivity contribution is 7.20. The van der Waals surface area contributed by atoms with Crippen molar-refractivity contribution in [3.05, 3.63) is 59.0 Å². The Balaban J connectivity index is 1.72. The van der Waals surface area contributed by atoms with Crippen molar-refractivity contribution < 1.29 is 33.3 Å². The number of fused-ring (bicyclic) bond motifs is 1. The molecule has 1 heterocycles. The van der Waals surface area contributed by atoms with Crippen LogP contribution in [-0.4, -0.2) is 32.1 Å². The van der Waals surface area contributed by atoms with E-state index < -0.39 is 12.1 Å². The Kier molecular flexibility index (Phi) is 7.03. The van der Waals surface area contributed by atoms with E-state index in [9.17, 15) is 14.4 Å². The van der Waals surface area contributed by atoms with Gasteiger partial charge in [-0.3, -0.25) is 9.59 Å². The number of carbonyl (C=O) groups excluding carboxylic acids is 3. The maximum Gasteiger partial charge on any atom is 0.514 e. The summed E-state index contributed by atoms with van der Waals surface area (Å²) < 4.78 is 21.1. The lowest BCUT2D eigenvalue weighted by atomic mass is 10.1. The number of methoxy groups -OCH3 is 2. The van der Waals surface area contributed by atoms with Gasteiger partial charge < -0.3 is 18.9 Å². The fraction of sp³-hybridized carbons (Fsp3) is 0.227. The van der Waals surface area contributed by atoms with Gasteiger partial charge in [0.25, 0.3) is 0 Å². The van der Waals surface area contributed by atoms with Crippen LogP contribution in [0.4, 0.5) is 4.79 Å². The molecule has 0 saturated heterocycles. The van der Waals surface area contributed by atoms with Crippen molar-refractivity contribution in [2.24, 2.45) is 0 Å². The lowest BCUT2D eigenvalue weighted by Crippen LogP contribution is -2.11. The lowest BCUT2D eigenvalue weighted by Gasteiger charge is -2.10. The summed E-state index contributed by atoms with van der Waals surface area (Å²) in [6.45, 7) is 0.0848. The third kappa shape index (κ3) is 5.36. The number of benzene rings is 2. The minimum absolute atomic E-state index is 0.0223. The number of hydrogen-bond donors (Lipinski definition) is 0. The third-order valence-corrected chi connectivity index (χ3v) is 5.39. The SMILES string of the molecule is COC(=O)CCC(=O)c1cc2cc(OC(=O)OCc3ccccc3)c(OC)cc2s1. The van der Waals surface area contributed by atoms with Gasteiger partial charge in [0.2, 0.25) is 0 Å². The van der Waals surface area contributed by atoms with Crippen LogP contribution in [0.1, 0.15) is 28.1 Å². The molecule has 0 aliphatic rings. The summed E-state index contributed by atoms with van der Waals surface area (Å²) in [4.78, 5) is 36.2. The Bertz CT molecular complexity index is 1060. The van der Waals surface area contributed by atoms with Gasteiger partial charge in [-0.05, 0) is 23.1 Å². The summed E-state index contributed by atoms with van der Waals surface area (Å²) in [5.74, 6) is -0.0647. The number of thiophene rings is 1. The maximum atomic E-state index is 12.3. The Labute approximate surface area is 177 Å². The quantitative estimate of drug-likeness (QED) is 0.290. The normalized spacial score (nSPS) is 10.5. The Morgan fingerprint density at radius 3 is 2.40 bits per heavy atom. The molecule has 7 nitrogen and oxygen atoms in total. The highest BCUT2D eigenvalue weighted by Crippen LogP contribution is 2.37. The van der Waals surface area contributed by atoms with Gasteiger partial charge in [0.05, 0.1) is 25.5 Å². The molecule has 0 bridgehead atoms. The molecule has 0 N–H and O–H groups in total. The van der Waals surface area contributed by atoms with Crippen molar-refractivity contribution in [3.8, 4) is 11.5 Å². The first kappa shape index (κ1) is 21.3. The molecule has 0 aliphatic carbocycles. The number of ether oxygens (including phenoxy) is 4. The van der Waals surface area contributed by atoms with E-state index in [0.29, 0.717) is 16.0 Å². The maximum absolute atomic E-state index is 12.3. The molecule has 8 heteroatoms. The smallest absolute Gasteiger partial charge is 0.493 e.